The number of hydrogen-bond acceptors (Lipinski definition) is 12. The fourth-order valence-electron chi connectivity index (χ4n) is 9.90. The number of carbonyl (C=O) groups excluding carboxylic acids is 2. The van der Waals surface area contributed by atoms with Crippen molar-refractivity contribution in [2.45, 2.75) is 145 Å². The van der Waals surface area contributed by atoms with Crippen molar-refractivity contribution in [1.82, 2.24) is 61.7 Å². The molecule has 8 aliphatic rings. The first kappa shape index (κ1) is 33.3. The maximum atomic E-state index is 14.8. The van der Waals surface area contributed by atoms with Gasteiger partial charge in [-0.25, -0.2) is 9.59 Å². The highest BCUT2D eigenvalue weighted by Gasteiger charge is 2.56. The van der Waals surface area contributed by atoms with Crippen molar-refractivity contribution in [2.75, 3.05) is 46.8 Å². The van der Waals surface area contributed by atoms with Crippen molar-refractivity contribution < 1.29 is 19.1 Å². The van der Waals surface area contributed by atoms with Crippen LogP contribution in [0.15, 0.2) is 0 Å². The number of amides is 4. The molecule has 0 aromatic heterocycles. The Balaban J connectivity index is 1.09. The van der Waals surface area contributed by atoms with Gasteiger partial charge in [-0.3, -0.25) is 46.6 Å². The van der Waals surface area contributed by atoms with Gasteiger partial charge in [0.05, 0.1) is 48.8 Å². The first-order valence-corrected chi connectivity index (χ1v) is 18.6. The van der Waals surface area contributed by atoms with E-state index in [1.165, 1.54) is 0 Å². The third-order valence-corrected chi connectivity index (χ3v) is 12.4. The topological polar surface area (TPSA) is 153 Å². The third kappa shape index (κ3) is 5.89. The van der Waals surface area contributed by atoms with Gasteiger partial charge in [0.15, 0.2) is 0 Å². The van der Waals surface area contributed by atoms with Gasteiger partial charge >= 0.3 is 12.1 Å². The van der Waals surface area contributed by atoms with Crippen LogP contribution in [0.4, 0.5) is 9.59 Å². The molecule has 0 aromatic rings. The molecule has 4 bridgehead atoms. The van der Waals surface area contributed by atoms with Crippen molar-refractivity contribution in [1.29, 1.82) is 0 Å². The van der Waals surface area contributed by atoms with Crippen molar-refractivity contribution in [3.63, 3.8) is 0 Å². The lowest BCUT2D eigenvalue weighted by atomic mass is 9.97. The van der Waals surface area contributed by atoms with E-state index >= 15 is 0 Å². The zero-order chi connectivity index (χ0) is 33.3. The Labute approximate surface area is 284 Å². The van der Waals surface area contributed by atoms with E-state index in [4.69, 9.17) is 9.47 Å². The number of likely N-dealkylation sites (N-methyl/N-ethyl adjacent to an activating group) is 1. The van der Waals surface area contributed by atoms with Crippen LogP contribution in [-0.4, -0.2) is 169 Å². The Hall–Kier alpha value is -1.86. The fourth-order valence-corrected chi connectivity index (χ4v) is 9.90. The standard InChI is InChI=1S/C32H58N12O4/c1-17-14-18(2)47-22-7-11-34-28-26(22)44(24-9-13-35-29(38-24)40(17)4)32(46)42(28)16-20-15-19(3)48-21-6-10-33-27-25(21)43(31(45)39-27)23-8-12-36-30(37-23)41(20)5/h17-30,33-38H,6-16H2,1-5H3,(H,39,45)/t17-,18-,19+,20+,21?,22?,23?,24?,25?,26?,27?,28?,29?,30?/m1/s1. The Morgan fingerprint density at radius 3 is 2.04 bits per heavy atom. The van der Waals surface area contributed by atoms with Crippen molar-refractivity contribution in [3.8, 4) is 0 Å². The molecule has 10 unspecified atom stereocenters. The van der Waals surface area contributed by atoms with Crippen LogP contribution in [0.1, 0.15) is 59.3 Å². The summed E-state index contributed by atoms with van der Waals surface area (Å²) < 4.78 is 13.7. The minimum atomic E-state index is -0.163. The largest absolute Gasteiger partial charge is 0.373 e. The number of urea groups is 2. The number of rotatable bonds is 2. The van der Waals surface area contributed by atoms with Gasteiger partial charge in [-0.15, -0.1) is 0 Å². The van der Waals surface area contributed by atoms with Gasteiger partial charge in [0.25, 0.3) is 0 Å². The number of piperidine rings is 2. The molecule has 8 heterocycles. The number of nitrogens with zero attached hydrogens (tertiary/aromatic N) is 5. The molecule has 4 amide bonds. The predicted octanol–water partition coefficient (Wildman–Crippen LogP) is -1.51. The second kappa shape index (κ2) is 13.4. The van der Waals surface area contributed by atoms with Crippen LogP contribution in [0.25, 0.3) is 0 Å². The summed E-state index contributed by atoms with van der Waals surface area (Å²) in [7, 11) is 4.28. The molecule has 0 saturated carbocycles. The molecular weight excluding hydrogens is 616 g/mol. The second-order valence-electron chi connectivity index (χ2n) is 15.5. The van der Waals surface area contributed by atoms with E-state index in [2.05, 4.69) is 91.7 Å². The van der Waals surface area contributed by atoms with E-state index in [0.29, 0.717) is 12.6 Å². The van der Waals surface area contributed by atoms with E-state index in [0.717, 1.165) is 64.7 Å². The first-order chi connectivity index (χ1) is 23.2. The molecule has 0 aliphatic carbocycles. The number of fused-ring (bicyclic) bond motifs is 6. The summed E-state index contributed by atoms with van der Waals surface area (Å²) in [6, 6.07) is 0.149. The zero-order valence-electron chi connectivity index (χ0n) is 29.2. The molecule has 8 rings (SSSR count). The van der Waals surface area contributed by atoms with Crippen LogP contribution in [0.2, 0.25) is 0 Å². The molecule has 16 heteroatoms. The Bertz CT molecular complexity index is 1200. The van der Waals surface area contributed by atoms with Crippen LogP contribution in [0.5, 0.6) is 0 Å². The van der Waals surface area contributed by atoms with E-state index in [9.17, 15) is 9.59 Å². The second-order valence-corrected chi connectivity index (χ2v) is 15.5. The van der Waals surface area contributed by atoms with Gasteiger partial charge in [0.1, 0.15) is 24.9 Å². The Kier molecular flexibility index (Phi) is 9.27. The summed E-state index contributed by atoms with van der Waals surface area (Å²) in [5, 5.41) is 25.3. The molecule has 0 radical (unpaired) electrons. The van der Waals surface area contributed by atoms with Crippen LogP contribution >= 0.6 is 0 Å². The normalized spacial score (nSPS) is 47.5. The van der Waals surface area contributed by atoms with Crippen LogP contribution in [0.3, 0.4) is 0 Å². The van der Waals surface area contributed by atoms with E-state index < -0.39 is 0 Å². The van der Waals surface area contributed by atoms with Gasteiger partial charge < -0.3 is 24.6 Å². The Morgan fingerprint density at radius 2 is 1.31 bits per heavy atom. The van der Waals surface area contributed by atoms with Gasteiger partial charge in [0, 0.05) is 31.7 Å². The highest BCUT2D eigenvalue weighted by atomic mass is 16.5. The van der Waals surface area contributed by atoms with Crippen molar-refractivity contribution >= 4 is 12.1 Å². The lowest BCUT2D eigenvalue weighted by molar-refractivity contribution is -0.0772. The fraction of sp³-hybridized carbons (Fsp3) is 0.938. The maximum Gasteiger partial charge on any atom is 0.323 e. The van der Waals surface area contributed by atoms with Crippen LogP contribution in [-0.2, 0) is 9.47 Å². The highest BCUT2D eigenvalue weighted by molar-refractivity contribution is 5.79. The first-order valence-electron chi connectivity index (χ1n) is 18.6. The number of carbonyl (C=O) groups is 2. The molecule has 48 heavy (non-hydrogen) atoms. The zero-order valence-corrected chi connectivity index (χ0v) is 29.2. The van der Waals surface area contributed by atoms with Crippen molar-refractivity contribution in [3.05, 3.63) is 0 Å². The molecule has 16 nitrogen and oxygen atoms in total. The van der Waals surface area contributed by atoms with E-state index in [1.54, 1.807) is 0 Å². The molecule has 8 aliphatic heterocycles. The third-order valence-electron chi connectivity index (χ3n) is 12.4. The summed E-state index contributed by atoms with van der Waals surface area (Å²) in [5.74, 6) is 0. The predicted molar refractivity (Wildman–Crippen MR) is 178 cm³/mol. The number of hydrogen-bond donors (Lipinski definition) is 7. The van der Waals surface area contributed by atoms with Crippen LogP contribution < -0.4 is 37.2 Å². The van der Waals surface area contributed by atoms with Gasteiger partial charge in [-0.05, 0) is 86.5 Å². The van der Waals surface area contributed by atoms with Crippen molar-refractivity contribution in [2.24, 2.45) is 0 Å². The SMILES string of the molecule is C[C@@H]1C[C@@H](C)N(C)C2NCCC(N2)N2C(=O)N(C[C@@H]3C[C@H](C)OC4CCNC5NC(=O)N(C6CCNC(N6)N3C)C54)C3NCCC(O1)C32. The number of ether oxygens (including phenoxy) is 2. The molecular formula is C32H58N12O4. The lowest BCUT2D eigenvalue weighted by Gasteiger charge is -2.46. The number of nitrogens with one attached hydrogen (secondary N) is 7. The van der Waals surface area contributed by atoms with Gasteiger partial charge in [0.2, 0.25) is 0 Å². The molecule has 14 atom stereocenters. The molecule has 8 saturated heterocycles. The summed E-state index contributed by atoms with van der Waals surface area (Å²) in [5.41, 5.74) is 0. The lowest BCUT2D eigenvalue weighted by Crippen LogP contribution is -2.69. The van der Waals surface area contributed by atoms with Crippen LogP contribution in [0, 0.1) is 0 Å². The minimum absolute atomic E-state index is 0.00538. The molecule has 8 fully saturated rings. The van der Waals surface area contributed by atoms with Gasteiger partial charge in [-0.1, -0.05) is 0 Å². The molecule has 0 spiro atoms. The maximum absolute atomic E-state index is 14.8. The molecule has 7 N–H and O–H groups in total. The molecule has 270 valence electrons. The monoisotopic (exact) mass is 674 g/mol. The highest BCUT2D eigenvalue weighted by Crippen LogP contribution is 2.36. The van der Waals surface area contributed by atoms with E-state index in [1.807, 2.05) is 4.90 Å². The Morgan fingerprint density at radius 1 is 0.708 bits per heavy atom. The summed E-state index contributed by atoms with van der Waals surface area (Å²) in [4.78, 5) is 39.0. The quantitative estimate of drug-likeness (QED) is 0.182. The summed E-state index contributed by atoms with van der Waals surface area (Å²) >= 11 is 0. The minimum Gasteiger partial charge on any atom is -0.373 e. The summed E-state index contributed by atoms with van der Waals surface area (Å²) in [6.45, 7) is 10.4. The van der Waals surface area contributed by atoms with E-state index in [-0.39, 0.29) is 91.8 Å². The average molecular weight is 675 g/mol. The summed E-state index contributed by atoms with van der Waals surface area (Å²) in [6.07, 6.45) is 4.22. The molecule has 0 aromatic carbocycles. The smallest absolute Gasteiger partial charge is 0.323 e. The average Bonchev–Trinajstić information content (AvgIpc) is 3.56. The van der Waals surface area contributed by atoms with Gasteiger partial charge in [-0.2, -0.15) is 0 Å².